The lowest BCUT2D eigenvalue weighted by Crippen LogP contribution is -2.39. The third kappa shape index (κ3) is 4.57. The fraction of sp³-hybridized carbons (Fsp3) is 0.316. The normalized spacial score (nSPS) is 15.2. The Morgan fingerprint density at radius 3 is 2.64 bits per heavy atom. The molecule has 6 heteroatoms. The van der Waals surface area contributed by atoms with E-state index in [4.69, 9.17) is 25.8 Å². The first kappa shape index (κ1) is 17.4. The van der Waals surface area contributed by atoms with Crippen LogP contribution in [-0.2, 0) is 11.2 Å². The summed E-state index contributed by atoms with van der Waals surface area (Å²) in [7, 11) is 0. The summed E-state index contributed by atoms with van der Waals surface area (Å²) in [5.41, 5.74) is 0.957. The molecule has 1 amide bonds. The van der Waals surface area contributed by atoms with Gasteiger partial charge in [0.15, 0.2) is 6.10 Å². The van der Waals surface area contributed by atoms with E-state index in [1.54, 1.807) is 12.1 Å². The molecule has 0 bridgehead atoms. The van der Waals surface area contributed by atoms with Gasteiger partial charge in [0.1, 0.15) is 23.9 Å². The standard InChI is InChI=1S/C19H20ClNO4/c1-2-23-15-4-6-16(7-5-15)24-10-9-21-19(22)18-12-13-11-14(20)3-8-17(13)25-18/h3-8,11,18H,2,9-10,12H2,1H3,(H,21,22)/t18-/m0/s1. The smallest absolute Gasteiger partial charge is 0.261 e. The maximum Gasteiger partial charge on any atom is 0.261 e. The highest BCUT2D eigenvalue weighted by Gasteiger charge is 2.28. The Hall–Kier alpha value is -2.40. The quantitative estimate of drug-likeness (QED) is 0.769. The third-order valence-electron chi connectivity index (χ3n) is 3.79. The zero-order chi connectivity index (χ0) is 17.6. The van der Waals surface area contributed by atoms with Crippen molar-refractivity contribution in [2.24, 2.45) is 0 Å². The molecule has 1 N–H and O–H groups in total. The Morgan fingerprint density at radius 1 is 1.20 bits per heavy atom. The highest BCUT2D eigenvalue weighted by atomic mass is 35.5. The van der Waals surface area contributed by atoms with Gasteiger partial charge >= 0.3 is 0 Å². The van der Waals surface area contributed by atoms with Crippen molar-refractivity contribution in [1.29, 1.82) is 0 Å². The number of carbonyl (C=O) groups excluding carboxylic acids is 1. The third-order valence-corrected chi connectivity index (χ3v) is 4.03. The number of rotatable bonds is 7. The average molecular weight is 362 g/mol. The van der Waals surface area contributed by atoms with E-state index in [0.29, 0.717) is 31.2 Å². The summed E-state index contributed by atoms with van der Waals surface area (Å²) in [5, 5.41) is 3.47. The Morgan fingerprint density at radius 2 is 1.92 bits per heavy atom. The van der Waals surface area contributed by atoms with Gasteiger partial charge in [0.25, 0.3) is 5.91 Å². The molecule has 5 nitrogen and oxygen atoms in total. The van der Waals surface area contributed by atoms with E-state index in [1.807, 2.05) is 37.3 Å². The number of nitrogens with one attached hydrogen (secondary N) is 1. The van der Waals surface area contributed by atoms with Crippen molar-refractivity contribution in [1.82, 2.24) is 5.32 Å². The Labute approximate surface area is 151 Å². The average Bonchev–Trinajstić information content (AvgIpc) is 3.03. The van der Waals surface area contributed by atoms with Crippen LogP contribution in [0.5, 0.6) is 17.2 Å². The van der Waals surface area contributed by atoms with Gasteiger partial charge < -0.3 is 19.5 Å². The summed E-state index contributed by atoms with van der Waals surface area (Å²) in [6.45, 7) is 3.36. The van der Waals surface area contributed by atoms with Crippen molar-refractivity contribution in [3.8, 4) is 17.2 Å². The molecule has 1 aliphatic heterocycles. The molecule has 0 aliphatic carbocycles. The fourth-order valence-corrected chi connectivity index (χ4v) is 2.81. The second-order valence-electron chi connectivity index (χ2n) is 5.61. The number of fused-ring (bicyclic) bond motifs is 1. The van der Waals surface area contributed by atoms with Crippen molar-refractivity contribution >= 4 is 17.5 Å². The van der Waals surface area contributed by atoms with E-state index in [2.05, 4.69) is 5.32 Å². The number of amides is 1. The summed E-state index contributed by atoms with van der Waals surface area (Å²) in [5.74, 6) is 2.11. The van der Waals surface area contributed by atoms with Gasteiger partial charge in [-0.1, -0.05) is 11.6 Å². The van der Waals surface area contributed by atoms with Gasteiger partial charge in [-0.2, -0.15) is 0 Å². The van der Waals surface area contributed by atoms with Crippen molar-refractivity contribution in [2.75, 3.05) is 19.8 Å². The first-order valence-electron chi connectivity index (χ1n) is 8.24. The van der Waals surface area contributed by atoms with Crippen LogP contribution in [0.15, 0.2) is 42.5 Å². The van der Waals surface area contributed by atoms with Crippen molar-refractivity contribution in [3.05, 3.63) is 53.1 Å². The predicted octanol–water partition coefficient (Wildman–Crippen LogP) is 3.24. The summed E-state index contributed by atoms with van der Waals surface area (Å²) in [6, 6.07) is 12.8. The molecule has 0 unspecified atom stereocenters. The number of hydrogen-bond donors (Lipinski definition) is 1. The molecule has 2 aromatic carbocycles. The minimum absolute atomic E-state index is 0.150. The zero-order valence-electron chi connectivity index (χ0n) is 14.0. The van der Waals surface area contributed by atoms with Gasteiger partial charge in [0, 0.05) is 11.4 Å². The van der Waals surface area contributed by atoms with Crippen molar-refractivity contribution < 1.29 is 19.0 Å². The van der Waals surface area contributed by atoms with Crippen LogP contribution in [0.2, 0.25) is 5.02 Å². The van der Waals surface area contributed by atoms with Gasteiger partial charge in [0.2, 0.25) is 0 Å². The molecule has 0 aromatic heterocycles. The Balaban J connectivity index is 1.40. The first-order chi connectivity index (χ1) is 12.2. The van der Waals surface area contributed by atoms with Crippen LogP contribution < -0.4 is 19.5 Å². The van der Waals surface area contributed by atoms with E-state index in [-0.39, 0.29) is 5.91 Å². The minimum atomic E-state index is -0.515. The second-order valence-corrected chi connectivity index (χ2v) is 6.04. The molecule has 0 fully saturated rings. The van der Waals surface area contributed by atoms with Crippen molar-refractivity contribution in [3.63, 3.8) is 0 Å². The van der Waals surface area contributed by atoms with E-state index < -0.39 is 6.10 Å². The molecule has 132 valence electrons. The van der Waals surface area contributed by atoms with Gasteiger partial charge in [-0.25, -0.2) is 0 Å². The Bertz CT molecular complexity index is 733. The van der Waals surface area contributed by atoms with Gasteiger partial charge in [-0.15, -0.1) is 0 Å². The van der Waals surface area contributed by atoms with Gasteiger partial charge in [-0.3, -0.25) is 4.79 Å². The van der Waals surface area contributed by atoms with Crippen LogP contribution in [0.3, 0.4) is 0 Å². The molecule has 1 aliphatic rings. The van der Waals surface area contributed by atoms with Gasteiger partial charge in [-0.05, 0) is 55.0 Å². The number of ether oxygens (including phenoxy) is 3. The molecule has 1 heterocycles. The SMILES string of the molecule is CCOc1ccc(OCCNC(=O)[C@@H]2Cc3cc(Cl)ccc3O2)cc1. The summed E-state index contributed by atoms with van der Waals surface area (Å²) in [6.07, 6.45) is 0.0144. The van der Waals surface area contributed by atoms with E-state index in [9.17, 15) is 4.79 Å². The maximum absolute atomic E-state index is 12.2. The molecule has 1 atom stereocenters. The Kier molecular flexibility index (Phi) is 5.66. The van der Waals surface area contributed by atoms with Crippen LogP contribution in [0, 0.1) is 0 Å². The fourth-order valence-electron chi connectivity index (χ4n) is 2.62. The largest absolute Gasteiger partial charge is 0.494 e. The first-order valence-corrected chi connectivity index (χ1v) is 8.62. The molecule has 0 saturated heterocycles. The number of benzene rings is 2. The van der Waals surface area contributed by atoms with Gasteiger partial charge in [0.05, 0.1) is 13.2 Å². The molecule has 0 spiro atoms. The van der Waals surface area contributed by atoms with Crippen LogP contribution in [0.1, 0.15) is 12.5 Å². The summed E-state index contributed by atoms with van der Waals surface area (Å²) in [4.78, 5) is 12.2. The topological polar surface area (TPSA) is 56.8 Å². The van der Waals surface area contributed by atoms with Crippen molar-refractivity contribution in [2.45, 2.75) is 19.4 Å². The van der Waals surface area contributed by atoms with Crippen LogP contribution in [-0.4, -0.2) is 31.8 Å². The van der Waals surface area contributed by atoms with E-state index in [1.165, 1.54) is 0 Å². The van der Waals surface area contributed by atoms with Crippen LogP contribution in [0.4, 0.5) is 0 Å². The molecule has 2 aromatic rings. The molecule has 3 rings (SSSR count). The number of halogens is 1. The number of carbonyl (C=O) groups is 1. The van der Waals surface area contributed by atoms with E-state index >= 15 is 0 Å². The minimum Gasteiger partial charge on any atom is -0.494 e. The monoisotopic (exact) mass is 361 g/mol. The zero-order valence-corrected chi connectivity index (χ0v) is 14.7. The molecule has 0 radical (unpaired) electrons. The molecular weight excluding hydrogens is 342 g/mol. The summed E-state index contributed by atoms with van der Waals surface area (Å²) >= 11 is 5.96. The van der Waals surface area contributed by atoms with E-state index in [0.717, 1.165) is 22.8 Å². The lowest BCUT2D eigenvalue weighted by Gasteiger charge is -2.12. The molecular formula is C19H20ClNO4. The van der Waals surface area contributed by atoms with Crippen LogP contribution in [0.25, 0.3) is 0 Å². The molecule has 25 heavy (non-hydrogen) atoms. The van der Waals surface area contributed by atoms with Crippen LogP contribution >= 0.6 is 11.6 Å². The lowest BCUT2D eigenvalue weighted by molar-refractivity contribution is -0.127. The number of hydrogen-bond acceptors (Lipinski definition) is 4. The summed E-state index contributed by atoms with van der Waals surface area (Å²) < 4.78 is 16.6. The highest BCUT2D eigenvalue weighted by Crippen LogP contribution is 2.31. The predicted molar refractivity (Wildman–Crippen MR) is 95.7 cm³/mol. The highest BCUT2D eigenvalue weighted by molar-refractivity contribution is 6.30. The second kappa shape index (κ2) is 8.12. The maximum atomic E-state index is 12.2. The molecule has 0 saturated carbocycles. The lowest BCUT2D eigenvalue weighted by atomic mass is 10.1.